The first-order valence-electron chi connectivity index (χ1n) is 9.77. The zero-order valence-corrected chi connectivity index (χ0v) is 16.3. The summed E-state index contributed by atoms with van der Waals surface area (Å²) in [5.41, 5.74) is 2.89. The molecule has 1 aliphatic carbocycles. The van der Waals surface area contributed by atoms with Crippen LogP contribution in [0.4, 0.5) is 0 Å². The van der Waals surface area contributed by atoms with Crippen molar-refractivity contribution in [3.63, 3.8) is 0 Å². The third-order valence-electron chi connectivity index (χ3n) is 5.60. The summed E-state index contributed by atoms with van der Waals surface area (Å²) >= 11 is 0. The minimum atomic E-state index is -0.668. The second-order valence-corrected chi connectivity index (χ2v) is 7.97. The Morgan fingerprint density at radius 3 is 2.69 bits per heavy atom. The molecule has 2 aliphatic rings. The van der Waals surface area contributed by atoms with Crippen molar-refractivity contribution in [2.75, 3.05) is 6.61 Å². The lowest BCUT2D eigenvalue weighted by atomic mass is 10.1. The number of aromatic nitrogens is 4. The van der Waals surface area contributed by atoms with Crippen LogP contribution in [0.15, 0.2) is 43.0 Å². The maximum absolute atomic E-state index is 9.83. The molecule has 3 aromatic rings. The van der Waals surface area contributed by atoms with E-state index in [1.165, 1.54) is 6.33 Å². The molecule has 1 saturated carbocycles. The fourth-order valence-electron chi connectivity index (χ4n) is 4.35. The van der Waals surface area contributed by atoms with Gasteiger partial charge in [-0.2, -0.15) is 0 Å². The molecule has 2 fully saturated rings. The van der Waals surface area contributed by atoms with Gasteiger partial charge in [0.2, 0.25) is 0 Å². The Bertz CT molecular complexity index is 1100. The molecule has 0 amide bonds. The molecule has 0 radical (unpaired) electrons. The lowest BCUT2D eigenvalue weighted by molar-refractivity contribution is -0.161. The summed E-state index contributed by atoms with van der Waals surface area (Å²) in [5.74, 6) is 5.59. The number of hydrogen-bond acceptors (Lipinski definition) is 6. The van der Waals surface area contributed by atoms with E-state index in [4.69, 9.17) is 9.47 Å². The van der Waals surface area contributed by atoms with E-state index in [0.29, 0.717) is 16.9 Å². The zero-order chi connectivity index (χ0) is 20.0. The quantitative estimate of drug-likeness (QED) is 0.676. The first-order valence-corrected chi connectivity index (χ1v) is 9.77. The normalized spacial score (nSPS) is 27.6. The highest BCUT2D eigenvalue weighted by atomic mass is 16.8. The van der Waals surface area contributed by atoms with Gasteiger partial charge in [0.05, 0.1) is 18.5 Å². The molecule has 29 heavy (non-hydrogen) atoms. The fourth-order valence-corrected chi connectivity index (χ4v) is 4.35. The zero-order valence-electron chi connectivity index (χ0n) is 16.3. The van der Waals surface area contributed by atoms with Gasteiger partial charge in [-0.15, -0.1) is 0 Å². The Labute approximate surface area is 168 Å². The van der Waals surface area contributed by atoms with Gasteiger partial charge in [-0.25, -0.2) is 15.0 Å². The molecule has 1 aliphatic heterocycles. The molecule has 5 rings (SSSR count). The van der Waals surface area contributed by atoms with Gasteiger partial charge in [-0.05, 0) is 38.3 Å². The molecule has 1 saturated heterocycles. The molecule has 0 unspecified atom stereocenters. The van der Waals surface area contributed by atoms with E-state index in [1.807, 2.05) is 48.7 Å². The van der Waals surface area contributed by atoms with E-state index in [0.717, 1.165) is 12.0 Å². The molecule has 3 heterocycles. The number of benzene rings is 1. The lowest BCUT2D eigenvalue weighted by Crippen LogP contribution is -2.27. The molecule has 4 atom stereocenters. The Balaban J connectivity index is 1.52. The topological polar surface area (TPSA) is 82.3 Å². The molecular formula is C22H22N4O3. The maximum Gasteiger partial charge on any atom is 0.164 e. The van der Waals surface area contributed by atoms with Crippen molar-refractivity contribution in [2.45, 2.75) is 44.3 Å². The van der Waals surface area contributed by atoms with Crippen LogP contribution in [0.3, 0.4) is 0 Å². The van der Waals surface area contributed by atoms with Gasteiger partial charge in [0.15, 0.2) is 11.4 Å². The van der Waals surface area contributed by atoms with Crippen molar-refractivity contribution in [1.29, 1.82) is 0 Å². The molecule has 148 valence electrons. The Morgan fingerprint density at radius 2 is 1.90 bits per heavy atom. The van der Waals surface area contributed by atoms with Gasteiger partial charge < -0.3 is 19.1 Å². The lowest BCUT2D eigenvalue weighted by Gasteiger charge is -2.23. The monoisotopic (exact) mass is 390 g/mol. The van der Waals surface area contributed by atoms with E-state index < -0.39 is 5.79 Å². The third kappa shape index (κ3) is 3.19. The van der Waals surface area contributed by atoms with Crippen LogP contribution in [-0.2, 0) is 9.47 Å². The number of nitrogens with zero attached hydrogens (tertiary/aromatic N) is 4. The van der Waals surface area contributed by atoms with Crippen LogP contribution >= 0.6 is 0 Å². The van der Waals surface area contributed by atoms with Crippen molar-refractivity contribution in [2.24, 2.45) is 5.92 Å². The Hall–Kier alpha value is -2.79. The van der Waals surface area contributed by atoms with Crippen molar-refractivity contribution >= 4 is 11.2 Å². The highest BCUT2D eigenvalue weighted by molar-refractivity contribution is 5.76. The number of hydrogen-bond donors (Lipinski definition) is 1. The molecule has 7 heteroatoms. The first kappa shape index (κ1) is 18.3. The maximum atomic E-state index is 9.83. The predicted octanol–water partition coefficient (Wildman–Crippen LogP) is 2.30. The summed E-state index contributed by atoms with van der Waals surface area (Å²) < 4.78 is 14.2. The molecule has 1 N–H and O–H groups in total. The van der Waals surface area contributed by atoms with Crippen molar-refractivity contribution < 1.29 is 14.6 Å². The van der Waals surface area contributed by atoms with Crippen LogP contribution < -0.4 is 0 Å². The second kappa shape index (κ2) is 6.92. The Kier molecular flexibility index (Phi) is 4.36. The van der Waals surface area contributed by atoms with E-state index in [-0.39, 0.29) is 30.8 Å². The molecule has 0 bridgehead atoms. The number of imidazole rings is 1. The molecular weight excluding hydrogens is 368 g/mol. The summed E-state index contributed by atoms with van der Waals surface area (Å²) in [5, 5.41) is 9.83. The summed E-state index contributed by atoms with van der Waals surface area (Å²) in [6, 6.07) is 9.75. The third-order valence-corrected chi connectivity index (χ3v) is 5.60. The number of fused-ring (bicyclic) bond motifs is 2. The summed E-state index contributed by atoms with van der Waals surface area (Å²) in [6.45, 7) is 3.87. The standard InChI is InChI=1S/C22H22N4O3/c1-22(2)28-19-15(11-27)10-17(20(19)29-22)26-13-25-18-16(23-12-24-21(18)26)9-8-14-6-4-3-5-7-14/h3-7,12-13,15,17,19-20,27H,10-11H2,1-2H3/t15-,17-,19-,20-/m1/s1. The SMILES string of the molecule is CC1(C)O[C@@H]2[C@@H](CO)C[C@@H](n3cnc4c(C#Cc5ccccc5)ncnc43)[C@H]2O1. The minimum Gasteiger partial charge on any atom is -0.396 e. The van der Waals surface area contributed by atoms with Crippen molar-refractivity contribution in [1.82, 2.24) is 19.5 Å². The summed E-state index contributed by atoms with van der Waals surface area (Å²) in [6.07, 6.45) is 3.72. The van der Waals surface area contributed by atoms with E-state index in [2.05, 4.69) is 26.8 Å². The number of ether oxygens (including phenoxy) is 2. The molecule has 0 spiro atoms. The van der Waals surface area contributed by atoms with Crippen LogP contribution in [0.5, 0.6) is 0 Å². The van der Waals surface area contributed by atoms with Gasteiger partial charge >= 0.3 is 0 Å². The number of aliphatic hydroxyl groups excluding tert-OH is 1. The second-order valence-electron chi connectivity index (χ2n) is 7.97. The van der Waals surface area contributed by atoms with Gasteiger partial charge in [0.1, 0.15) is 23.6 Å². The molecule has 2 aromatic heterocycles. The van der Waals surface area contributed by atoms with Crippen molar-refractivity contribution in [3.8, 4) is 11.8 Å². The average molecular weight is 390 g/mol. The van der Waals surface area contributed by atoms with Crippen LogP contribution in [0.2, 0.25) is 0 Å². The summed E-state index contributed by atoms with van der Waals surface area (Å²) in [7, 11) is 0. The van der Waals surface area contributed by atoms with E-state index >= 15 is 0 Å². The fraction of sp³-hybridized carbons (Fsp3) is 0.409. The van der Waals surface area contributed by atoms with Gasteiger partial charge in [-0.3, -0.25) is 0 Å². The van der Waals surface area contributed by atoms with Gasteiger partial charge in [-0.1, -0.05) is 24.1 Å². The van der Waals surface area contributed by atoms with Crippen LogP contribution in [0, 0.1) is 17.8 Å². The number of aliphatic hydroxyl groups is 1. The highest BCUT2D eigenvalue weighted by Crippen LogP contribution is 2.47. The predicted molar refractivity (Wildman–Crippen MR) is 106 cm³/mol. The van der Waals surface area contributed by atoms with Crippen LogP contribution in [0.25, 0.3) is 11.2 Å². The average Bonchev–Trinajstić information content (AvgIpc) is 3.37. The van der Waals surface area contributed by atoms with E-state index in [1.54, 1.807) is 6.33 Å². The highest BCUT2D eigenvalue weighted by Gasteiger charge is 2.54. The van der Waals surface area contributed by atoms with E-state index in [9.17, 15) is 5.11 Å². The van der Waals surface area contributed by atoms with Gasteiger partial charge in [0.25, 0.3) is 0 Å². The first-order chi connectivity index (χ1) is 14.1. The smallest absolute Gasteiger partial charge is 0.164 e. The number of rotatable bonds is 2. The molecule has 7 nitrogen and oxygen atoms in total. The minimum absolute atomic E-state index is 0.0170. The summed E-state index contributed by atoms with van der Waals surface area (Å²) in [4.78, 5) is 13.3. The largest absolute Gasteiger partial charge is 0.396 e. The van der Waals surface area contributed by atoms with Gasteiger partial charge in [0, 0.05) is 18.1 Å². The van der Waals surface area contributed by atoms with Crippen molar-refractivity contribution in [3.05, 3.63) is 54.2 Å². The van der Waals surface area contributed by atoms with Crippen LogP contribution in [0.1, 0.15) is 37.6 Å². The molecule has 1 aromatic carbocycles. The Morgan fingerprint density at radius 1 is 1.10 bits per heavy atom. The van der Waals surface area contributed by atoms with Crippen LogP contribution in [-0.4, -0.2) is 49.2 Å².